The van der Waals surface area contributed by atoms with Gasteiger partial charge in [-0.2, -0.15) is 0 Å². The number of methoxy groups -OCH3 is 1. The van der Waals surface area contributed by atoms with E-state index in [1.807, 2.05) is 17.5 Å². The molecule has 0 aliphatic carbocycles. The summed E-state index contributed by atoms with van der Waals surface area (Å²) in [5.41, 5.74) is 1.48. The lowest BCUT2D eigenvalue weighted by molar-refractivity contribution is -0.135. The van der Waals surface area contributed by atoms with Gasteiger partial charge in [0.15, 0.2) is 0 Å². The lowest BCUT2D eigenvalue weighted by Crippen LogP contribution is -2.48. The third-order valence-electron chi connectivity index (χ3n) is 6.55. The number of amides is 2. The van der Waals surface area contributed by atoms with Crippen molar-refractivity contribution in [2.45, 2.75) is 32.7 Å². The van der Waals surface area contributed by atoms with Crippen molar-refractivity contribution in [1.29, 1.82) is 0 Å². The van der Waals surface area contributed by atoms with E-state index in [9.17, 15) is 14.0 Å². The van der Waals surface area contributed by atoms with E-state index in [1.165, 1.54) is 24.1 Å². The van der Waals surface area contributed by atoms with Gasteiger partial charge in [0.05, 0.1) is 18.7 Å². The fourth-order valence-electron chi connectivity index (χ4n) is 4.52. The van der Waals surface area contributed by atoms with Crippen molar-refractivity contribution in [3.8, 4) is 11.5 Å². The molecule has 2 amide bonds. The molecule has 0 fully saturated rings. The van der Waals surface area contributed by atoms with E-state index in [0.717, 1.165) is 18.4 Å². The summed E-state index contributed by atoms with van der Waals surface area (Å²) in [7, 11) is 1.53. The highest BCUT2D eigenvalue weighted by Gasteiger charge is 2.34. The number of halogens is 1. The summed E-state index contributed by atoms with van der Waals surface area (Å²) in [5, 5.41) is 2.02. The van der Waals surface area contributed by atoms with E-state index in [-0.39, 0.29) is 36.8 Å². The van der Waals surface area contributed by atoms with Crippen LogP contribution in [0.2, 0.25) is 0 Å². The van der Waals surface area contributed by atoms with Crippen LogP contribution in [0, 0.1) is 11.7 Å². The molecule has 0 radical (unpaired) electrons. The summed E-state index contributed by atoms with van der Waals surface area (Å²) in [6, 6.07) is 14.8. The van der Waals surface area contributed by atoms with Crippen molar-refractivity contribution in [3.63, 3.8) is 0 Å². The minimum atomic E-state index is -0.374. The monoisotopic (exact) mass is 524 g/mol. The first-order valence-electron chi connectivity index (χ1n) is 12.5. The molecule has 8 heteroatoms. The summed E-state index contributed by atoms with van der Waals surface area (Å²) in [5.74, 6) is 0.528. The number of fused-ring (bicyclic) bond motifs is 1. The molecule has 6 nitrogen and oxygen atoms in total. The van der Waals surface area contributed by atoms with E-state index < -0.39 is 0 Å². The first-order valence-corrected chi connectivity index (χ1v) is 13.4. The van der Waals surface area contributed by atoms with Crippen LogP contribution in [0.25, 0.3) is 0 Å². The summed E-state index contributed by atoms with van der Waals surface area (Å²) < 4.78 is 25.0. The number of hydrogen-bond donors (Lipinski definition) is 0. The molecule has 0 saturated heterocycles. The molecule has 0 bridgehead atoms. The Bertz CT molecular complexity index is 1230. The zero-order valence-electron chi connectivity index (χ0n) is 21.5. The number of ether oxygens (including phenoxy) is 2. The van der Waals surface area contributed by atoms with E-state index in [1.54, 1.807) is 51.5 Å². The molecular formula is C29H33FN2O4S. The molecule has 4 rings (SSSR count). The Kier molecular flexibility index (Phi) is 8.82. The van der Waals surface area contributed by atoms with Gasteiger partial charge < -0.3 is 19.3 Å². The van der Waals surface area contributed by atoms with Crippen molar-refractivity contribution in [3.05, 3.63) is 81.8 Å². The standard InChI is InChI=1S/C29H33FN2O4S/c1-20(2)11-14-31(29(34)24-9-4-5-10-26(24)35-3)18-28(33)32-15-12-27-23(13-16-37-27)25(32)19-36-22-8-6-7-21(30)17-22/h4-10,13,16-17,20,25H,11-12,14-15,18-19H2,1-3H3. The third kappa shape index (κ3) is 6.49. The van der Waals surface area contributed by atoms with Crippen LogP contribution in [0.4, 0.5) is 4.39 Å². The molecular weight excluding hydrogens is 491 g/mol. The van der Waals surface area contributed by atoms with Crippen LogP contribution < -0.4 is 9.47 Å². The van der Waals surface area contributed by atoms with Gasteiger partial charge in [-0.15, -0.1) is 11.3 Å². The molecule has 3 aromatic rings. The minimum absolute atomic E-state index is 0.0421. The second-order valence-corrected chi connectivity index (χ2v) is 10.5. The highest BCUT2D eigenvalue weighted by atomic mass is 32.1. The number of hydrogen-bond acceptors (Lipinski definition) is 5. The zero-order chi connectivity index (χ0) is 26.4. The molecule has 2 heterocycles. The second-order valence-electron chi connectivity index (χ2n) is 9.53. The number of thiophene rings is 1. The van der Waals surface area contributed by atoms with Gasteiger partial charge in [0, 0.05) is 24.0 Å². The first kappa shape index (κ1) is 26.7. The van der Waals surface area contributed by atoms with Gasteiger partial charge in [-0.05, 0) is 60.0 Å². The van der Waals surface area contributed by atoms with Crippen molar-refractivity contribution >= 4 is 23.2 Å². The van der Waals surface area contributed by atoms with Crippen LogP contribution in [-0.4, -0.2) is 55.0 Å². The van der Waals surface area contributed by atoms with Crippen LogP contribution in [0.3, 0.4) is 0 Å². The fraction of sp³-hybridized carbons (Fsp3) is 0.379. The summed E-state index contributed by atoms with van der Waals surface area (Å²) in [6.07, 6.45) is 1.52. The molecule has 0 saturated carbocycles. The highest BCUT2D eigenvalue weighted by Crippen LogP contribution is 2.34. The fourth-order valence-corrected chi connectivity index (χ4v) is 5.45. The maximum absolute atomic E-state index is 13.7. The topological polar surface area (TPSA) is 59.1 Å². The summed E-state index contributed by atoms with van der Waals surface area (Å²) >= 11 is 1.67. The van der Waals surface area contributed by atoms with Gasteiger partial charge in [-0.25, -0.2) is 4.39 Å². The quantitative estimate of drug-likeness (QED) is 0.347. The Morgan fingerprint density at radius 1 is 1.16 bits per heavy atom. The molecule has 2 aromatic carbocycles. The van der Waals surface area contributed by atoms with Crippen molar-refractivity contribution < 1.29 is 23.5 Å². The number of para-hydroxylation sites is 1. The predicted molar refractivity (Wildman–Crippen MR) is 143 cm³/mol. The van der Waals surface area contributed by atoms with E-state index in [4.69, 9.17) is 9.47 Å². The Labute approximate surface area is 221 Å². The number of rotatable bonds is 10. The summed E-state index contributed by atoms with van der Waals surface area (Å²) in [4.78, 5) is 31.9. The van der Waals surface area contributed by atoms with Gasteiger partial charge in [-0.3, -0.25) is 9.59 Å². The van der Waals surface area contributed by atoms with Gasteiger partial charge in [0.2, 0.25) is 5.91 Å². The Morgan fingerprint density at radius 3 is 2.73 bits per heavy atom. The SMILES string of the molecule is COc1ccccc1C(=O)N(CCC(C)C)CC(=O)N1CCc2sccc2C1COc1cccc(F)c1. The predicted octanol–water partition coefficient (Wildman–Crippen LogP) is 5.59. The van der Waals surface area contributed by atoms with Gasteiger partial charge in [0.25, 0.3) is 5.91 Å². The number of carbonyl (C=O) groups is 2. The Hall–Kier alpha value is -3.39. The third-order valence-corrected chi connectivity index (χ3v) is 7.54. The molecule has 1 aliphatic heterocycles. The first-order chi connectivity index (χ1) is 17.9. The molecule has 0 N–H and O–H groups in total. The highest BCUT2D eigenvalue weighted by molar-refractivity contribution is 7.10. The molecule has 0 spiro atoms. The lowest BCUT2D eigenvalue weighted by atomic mass is 10.00. The average molecular weight is 525 g/mol. The minimum Gasteiger partial charge on any atom is -0.496 e. The lowest BCUT2D eigenvalue weighted by Gasteiger charge is -2.37. The molecule has 1 atom stereocenters. The number of benzene rings is 2. The number of nitrogens with zero attached hydrogens (tertiary/aromatic N) is 2. The second kappa shape index (κ2) is 12.2. The van der Waals surface area contributed by atoms with Gasteiger partial charge >= 0.3 is 0 Å². The van der Waals surface area contributed by atoms with E-state index in [0.29, 0.717) is 36.1 Å². The van der Waals surface area contributed by atoms with Crippen LogP contribution in [0.15, 0.2) is 60.0 Å². The van der Waals surface area contributed by atoms with Crippen molar-refractivity contribution in [1.82, 2.24) is 9.80 Å². The average Bonchev–Trinajstić information content (AvgIpc) is 3.38. The smallest absolute Gasteiger partial charge is 0.258 e. The molecule has 37 heavy (non-hydrogen) atoms. The zero-order valence-corrected chi connectivity index (χ0v) is 22.3. The molecule has 1 aliphatic rings. The maximum Gasteiger partial charge on any atom is 0.258 e. The van der Waals surface area contributed by atoms with Crippen LogP contribution in [0.1, 0.15) is 47.1 Å². The van der Waals surface area contributed by atoms with Crippen LogP contribution in [-0.2, 0) is 11.2 Å². The summed E-state index contributed by atoms with van der Waals surface area (Å²) in [6.45, 7) is 5.34. The normalized spacial score (nSPS) is 14.8. The molecule has 1 unspecified atom stereocenters. The Balaban J connectivity index is 1.55. The van der Waals surface area contributed by atoms with Gasteiger partial charge in [-0.1, -0.05) is 32.0 Å². The van der Waals surface area contributed by atoms with Crippen molar-refractivity contribution in [2.24, 2.45) is 5.92 Å². The van der Waals surface area contributed by atoms with E-state index in [2.05, 4.69) is 13.8 Å². The van der Waals surface area contributed by atoms with Crippen LogP contribution >= 0.6 is 11.3 Å². The van der Waals surface area contributed by atoms with E-state index >= 15 is 0 Å². The van der Waals surface area contributed by atoms with Crippen molar-refractivity contribution in [2.75, 3.05) is 33.4 Å². The maximum atomic E-state index is 13.7. The van der Waals surface area contributed by atoms with Gasteiger partial charge in [0.1, 0.15) is 30.5 Å². The number of carbonyl (C=O) groups excluding carboxylic acids is 2. The van der Waals surface area contributed by atoms with Crippen LogP contribution in [0.5, 0.6) is 11.5 Å². The largest absolute Gasteiger partial charge is 0.496 e. The Morgan fingerprint density at radius 2 is 1.97 bits per heavy atom. The molecule has 196 valence electrons. The molecule has 1 aromatic heterocycles.